The Morgan fingerprint density at radius 3 is 2.59 bits per heavy atom. The van der Waals surface area contributed by atoms with E-state index in [4.69, 9.17) is 4.74 Å². The average molecular weight is 431 g/mol. The number of carbonyl (C=O) groups is 1. The molecule has 1 unspecified atom stereocenters. The van der Waals surface area contributed by atoms with Crippen molar-refractivity contribution in [2.45, 2.75) is 32.7 Å². The van der Waals surface area contributed by atoms with Crippen molar-refractivity contribution in [3.63, 3.8) is 0 Å². The highest BCUT2D eigenvalue weighted by molar-refractivity contribution is 5.79. The molecule has 1 aliphatic rings. The first-order valence-corrected chi connectivity index (χ1v) is 11.4. The van der Waals surface area contributed by atoms with Crippen LogP contribution in [0.15, 0.2) is 66.7 Å². The SMILES string of the molecule is CCCOc1ccc(CNC(=O)C2CCCN(c3ccc(-c4ccccc4)nn3)C2)cc1. The number of aromatic nitrogens is 2. The van der Waals surface area contributed by atoms with Gasteiger partial charge in [-0.2, -0.15) is 0 Å². The Labute approximate surface area is 189 Å². The number of nitrogens with one attached hydrogen (secondary N) is 1. The van der Waals surface area contributed by atoms with Crippen LogP contribution in [0, 0.1) is 5.92 Å². The van der Waals surface area contributed by atoms with Crippen LogP contribution >= 0.6 is 0 Å². The Balaban J connectivity index is 1.31. The van der Waals surface area contributed by atoms with E-state index in [1.807, 2.05) is 66.7 Å². The average Bonchev–Trinajstić information content (AvgIpc) is 2.87. The molecular formula is C26H30N4O2. The van der Waals surface area contributed by atoms with Crippen LogP contribution in [0.25, 0.3) is 11.3 Å². The first kappa shape index (κ1) is 21.8. The first-order valence-electron chi connectivity index (χ1n) is 11.4. The molecule has 0 bridgehead atoms. The van der Waals surface area contributed by atoms with E-state index in [1.165, 1.54) is 0 Å². The molecular weight excluding hydrogens is 400 g/mol. The molecule has 2 aromatic carbocycles. The lowest BCUT2D eigenvalue weighted by Crippen LogP contribution is -2.43. The molecule has 0 saturated carbocycles. The summed E-state index contributed by atoms with van der Waals surface area (Å²) in [4.78, 5) is 15.0. The minimum Gasteiger partial charge on any atom is -0.494 e. The van der Waals surface area contributed by atoms with Gasteiger partial charge in [-0.3, -0.25) is 4.79 Å². The maximum Gasteiger partial charge on any atom is 0.225 e. The quantitative estimate of drug-likeness (QED) is 0.571. The van der Waals surface area contributed by atoms with E-state index >= 15 is 0 Å². The molecule has 2 heterocycles. The summed E-state index contributed by atoms with van der Waals surface area (Å²) < 4.78 is 5.61. The van der Waals surface area contributed by atoms with Gasteiger partial charge < -0.3 is 15.0 Å². The van der Waals surface area contributed by atoms with E-state index in [2.05, 4.69) is 27.3 Å². The third-order valence-corrected chi connectivity index (χ3v) is 5.70. The molecule has 1 saturated heterocycles. The second-order valence-corrected chi connectivity index (χ2v) is 8.14. The molecule has 1 amide bonds. The largest absolute Gasteiger partial charge is 0.494 e. The molecule has 0 aliphatic carbocycles. The molecule has 3 aromatic rings. The zero-order valence-corrected chi connectivity index (χ0v) is 18.5. The lowest BCUT2D eigenvalue weighted by atomic mass is 9.97. The summed E-state index contributed by atoms with van der Waals surface area (Å²) in [6.07, 6.45) is 2.84. The second kappa shape index (κ2) is 10.8. The number of amides is 1. The van der Waals surface area contributed by atoms with Crippen molar-refractivity contribution in [2.24, 2.45) is 5.92 Å². The Bertz CT molecular complexity index is 991. The Hall–Kier alpha value is -3.41. The highest BCUT2D eigenvalue weighted by atomic mass is 16.5. The lowest BCUT2D eigenvalue weighted by Gasteiger charge is -2.32. The number of nitrogens with zero attached hydrogens (tertiary/aromatic N) is 3. The Morgan fingerprint density at radius 1 is 1.06 bits per heavy atom. The highest BCUT2D eigenvalue weighted by Crippen LogP contribution is 2.23. The zero-order chi connectivity index (χ0) is 22.2. The fourth-order valence-electron chi connectivity index (χ4n) is 3.91. The number of hydrogen-bond donors (Lipinski definition) is 1. The minimum absolute atomic E-state index is 0.0495. The molecule has 6 nitrogen and oxygen atoms in total. The summed E-state index contributed by atoms with van der Waals surface area (Å²) in [5.74, 6) is 1.73. The van der Waals surface area contributed by atoms with Gasteiger partial charge in [0.2, 0.25) is 5.91 Å². The third kappa shape index (κ3) is 5.63. The minimum atomic E-state index is -0.0495. The molecule has 4 rings (SSSR count). The van der Waals surface area contributed by atoms with Crippen molar-refractivity contribution in [3.8, 4) is 17.0 Å². The number of piperidine rings is 1. The van der Waals surface area contributed by atoms with E-state index in [-0.39, 0.29) is 11.8 Å². The number of rotatable bonds is 8. The normalized spacial score (nSPS) is 15.9. The lowest BCUT2D eigenvalue weighted by molar-refractivity contribution is -0.125. The molecule has 0 spiro atoms. The second-order valence-electron chi connectivity index (χ2n) is 8.14. The number of carbonyl (C=O) groups excluding carboxylic acids is 1. The Kier molecular flexibility index (Phi) is 7.33. The monoisotopic (exact) mass is 430 g/mol. The zero-order valence-electron chi connectivity index (χ0n) is 18.5. The molecule has 1 atom stereocenters. The standard InChI is InChI=1S/C26H30N4O2/c1-2-17-32-23-12-10-20(11-13-23)18-27-26(31)22-9-6-16-30(19-22)25-15-14-24(28-29-25)21-7-4-3-5-8-21/h3-5,7-8,10-15,22H,2,6,9,16-19H2,1H3,(H,27,31). The van der Waals surface area contributed by atoms with Gasteiger partial charge in [0.25, 0.3) is 0 Å². The number of anilines is 1. The predicted molar refractivity (Wildman–Crippen MR) is 126 cm³/mol. The van der Waals surface area contributed by atoms with Crippen LogP contribution in [0.4, 0.5) is 5.82 Å². The van der Waals surface area contributed by atoms with Crippen LogP contribution in [0.1, 0.15) is 31.7 Å². The van der Waals surface area contributed by atoms with Gasteiger partial charge in [-0.05, 0) is 49.1 Å². The van der Waals surface area contributed by atoms with E-state index in [0.717, 1.165) is 54.2 Å². The predicted octanol–water partition coefficient (Wildman–Crippen LogP) is 4.47. The van der Waals surface area contributed by atoms with Gasteiger partial charge in [0, 0.05) is 25.2 Å². The number of hydrogen-bond acceptors (Lipinski definition) is 5. The van der Waals surface area contributed by atoms with Crippen LogP contribution in [-0.4, -0.2) is 35.8 Å². The molecule has 1 fully saturated rings. The Morgan fingerprint density at radius 2 is 1.88 bits per heavy atom. The van der Waals surface area contributed by atoms with Gasteiger partial charge in [-0.25, -0.2) is 0 Å². The number of benzene rings is 2. The van der Waals surface area contributed by atoms with Gasteiger partial charge in [0.1, 0.15) is 5.75 Å². The number of ether oxygens (including phenoxy) is 1. The highest BCUT2D eigenvalue weighted by Gasteiger charge is 2.26. The third-order valence-electron chi connectivity index (χ3n) is 5.70. The molecule has 32 heavy (non-hydrogen) atoms. The smallest absolute Gasteiger partial charge is 0.225 e. The molecule has 0 radical (unpaired) electrons. The van der Waals surface area contributed by atoms with Crippen molar-refractivity contribution in [1.29, 1.82) is 0 Å². The van der Waals surface area contributed by atoms with Crippen LogP contribution in [0.2, 0.25) is 0 Å². The summed E-state index contributed by atoms with van der Waals surface area (Å²) in [7, 11) is 0. The van der Waals surface area contributed by atoms with Crippen LogP contribution in [0.5, 0.6) is 5.75 Å². The van der Waals surface area contributed by atoms with Crippen molar-refractivity contribution in [3.05, 3.63) is 72.3 Å². The topological polar surface area (TPSA) is 67.3 Å². The van der Waals surface area contributed by atoms with E-state index in [0.29, 0.717) is 19.7 Å². The summed E-state index contributed by atoms with van der Waals surface area (Å²) in [5.41, 5.74) is 2.97. The molecule has 1 N–H and O–H groups in total. The van der Waals surface area contributed by atoms with Gasteiger partial charge in [-0.15, -0.1) is 10.2 Å². The van der Waals surface area contributed by atoms with E-state index in [1.54, 1.807) is 0 Å². The van der Waals surface area contributed by atoms with Crippen molar-refractivity contribution in [1.82, 2.24) is 15.5 Å². The summed E-state index contributed by atoms with van der Waals surface area (Å²) in [5, 5.41) is 11.9. The molecule has 1 aliphatic heterocycles. The van der Waals surface area contributed by atoms with Crippen LogP contribution in [0.3, 0.4) is 0 Å². The summed E-state index contributed by atoms with van der Waals surface area (Å²) in [6.45, 7) is 4.88. The maximum absolute atomic E-state index is 12.8. The van der Waals surface area contributed by atoms with Gasteiger partial charge in [0.15, 0.2) is 5.82 Å². The fraction of sp³-hybridized carbons (Fsp3) is 0.346. The van der Waals surface area contributed by atoms with Crippen LogP contribution < -0.4 is 15.0 Å². The van der Waals surface area contributed by atoms with Crippen molar-refractivity contribution >= 4 is 11.7 Å². The summed E-state index contributed by atoms with van der Waals surface area (Å²) >= 11 is 0. The maximum atomic E-state index is 12.8. The molecule has 166 valence electrons. The fourth-order valence-corrected chi connectivity index (χ4v) is 3.91. The van der Waals surface area contributed by atoms with Gasteiger partial charge >= 0.3 is 0 Å². The van der Waals surface area contributed by atoms with E-state index in [9.17, 15) is 4.79 Å². The van der Waals surface area contributed by atoms with Crippen LogP contribution in [-0.2, 0) is 11.3 Å². The van der Waals surface area contributed by atoms with Gasteiger partial charge in [-0.1, -0.05) is 49.4 Å². The van der Waals surface area contributed by atoms with Gasteiger partial charge in [0.05, 0.1) is 18.2 Å². The molecule has 6 heteroatoms. The molecule has 1 aromatic heterocycles. The first-order chi connectivity index (χ1) is 15.7. The van der Waals surface area contributed by atoms with Crippen molar-refractivity contribution in [2.75, 3.05) is 24.6 Å². The summed E-state index contributed by atoms with van der Waals surface area (Å²) in [6, 6.07) is 21.9. The van der Waals surface area contributed by atoms with Crippen molar-refractivity contribution < 1.29 is 9.53 Å². The van der Waals surface area contributed by atoms with E-state index < -0.39 is 0 Å².